The van der Waals surface area contributed by atoms with E-state index >= 15 is 0 Å². The summed E-state index contributed by atoms with van der Waals surface area (Å²) >= 11 is 1.28. The van der Waals surface area contributed by atoms with Gasteiger partial charge in [-0.05, 0) is 84.8 Å². The van der Waals surface area contributed by atoms with Crippen LogP contribution >= 0.6 is 11.3 Å². The third-order valence-electron chi connectivity index (χ3n) is 8.42. The summed E-state index contributed by atoms with van der Waals surface area (Å²) in [6.45, 7) is 5.14. The van der Waals surface area contributed by atoms with Crippen molar-refractivity contribution < 1.29 is 37.0 Å². The van der Waals surface area contributed by atoms with E-state index in [0.29, 0.717) is 21.9 Å². The van der Waals surface area contributed by atoms with E-state index in [0.717, 1.165) is 59.7 Å². The predicted molar refractivity (Wildman–Crippen MR) is 168 cm³/mol. The van der Waals surface area contributed by atoms with Crippen LogP contribution in [0.25, 0.3) is 22.3 Å². The molecular formula is C34H32F3N3O5S. The van der Waals surface area contributed by atoms with E-state index in [4.69, 9.17) is 19.2 Å². The minimum Gasteiger partial charge on any atom is -0.496 e. The van der Waals surface area contributed by atoms with Crippen molar-refractivity contribution in [3.8, 4) is 28.0 Å². The third kappa shape index (κ3) is 6.01. The number of carbonyl (C=O) groups is 2. The lowest BCUT2D eigenvalue weighted by molar-refractivity contribution is -0.137. The standard InChI is InChI=1S/C34H32F3N3O5S/c1-19-12-22(14-24(13-19)34(35,36)37)31-20(2)40(33(42)45-31)17-27-25(7-9-30(38-27)39-10-5-11-39)26-15-21(6-8-28(26)43-3)23-16-29(46-18-23)32(41)44-4/h6-9,12-16,18,20,31H,5,10-11,17H2,1-4H3/t20-,31-/m0/s1. The van der Waals surface area contributed by atoms with E-state index in [1.54, 1.807) is 33.1 Å². The van der Waals surface area contributed by atoms with E-state index in [1.807, 2.05) is 35.7 Å². The molecule has 0 aliphatic carbocycles. The summed E-state index contributed by atoms with van der Waals surface area (Å²) in [5, 5.41) is 1.88. The van der Waals surface area contributed by atoms with Crippen LogP contribution in [-0.4, -0.2) is 55.3 Å². The van der Waals surface area contributed by atoms with Crippen LogP contribution in [0.3, 0.4) is 0 Å². The van der Waals surface area contributed by atoms with Gasteiger partial charge >= 0.3 is 18.2 Å². The molecule has 240 valence electrons. The van der Waals surface area contributed by atoms with Crippen LogP contribution in [0.2, 0.25) is 0 Å². The van der Waals surface area contributed by atoms with Gasteiger partial charge in [0.2, 0.25) is 0 Å². The number of ether oxygens (including phenoxy) is 3. The molecule has 46 heavy (non-hydrogen) atoms. The molecule has 4 heterocycles. The number of amides is 1. The summed E-state index contributed by atoms with van der Waals surface area (Å²) in [6, 6.07) is 14.5. The maximum atomic E-state index is 13.6. The van der Waals surface area contributed by atoms with Crippen molar-refractivity contribution in [3.05, 3.63) is 87.2 Å². The molecule has 2 saturated heterocycles. The molecule has 2 fully saturated rings. The molecule has 2 atom stereocenters. The van der Waals surface area contributed by atoms with Crippen LogP contribution in [0.15, 0.2) is 60.0 Å². The van der Waals surface area contributed by atoms with Crippen LogP contribution < -0.4 is 9.64 Å². The molecule has 2 aromatic heterocycles. The summed E-state index contributed by atoms with van der Waals surface area (Å²) in [5.41, 5.74) is 3.64. The lowest BCUT2D eigenvalue weighted by atomic mass is 9.96. The average molecular weight is 652 g/mol. The molecule has 0 spiro atoms. The van der Waals surface area contributed by atoms with Crippen molar-refractivity contribution in [2.75, 3.05) is 32.2 Å². The maximum absolute atomic E-state index is 13.6. The Hall–Kier alpha value is -4.58. The van der Waals surface area contributed by atoms with E-state index in [2.05, 4.69) is 4.90 Å². The van der Waals surface area contributed by atoms with Crippen molar-refractivity contribution in [1.82, 2.24) is 9.88 Å². The number of cyclic esters (lactones) is 1. The number of hydrogen-bond acceptors (Lipinski definition) is 8. The van der Waals surface area contributed by atoms with E-state index < -0.39 is 35.9 Å². The number of nitrogens with zero attached hydrogens (tertiary/aromatic N) is 3. The number of rotatable bonds is 8. The van der Waals surface area contributed by atoms with Crippen LogP contribution in [0.4, 0.5) is 23.8 Å². The van der Waals surface area contributed by atoms with Gasteiger partial charge in [-0.15, -0.1) is 11.3 Å². The molecule has 12 heteroatoms. The van der Waals surface area contributed by atoms with Gasteiger partial charge in [0.1, 0.15) is 22.5 Å². The van der Waals surface area contributed by atoms with Crippen LogP contribution in [0, 0.1) is 6.92 Å². The number of alkyl halides is 3. The van der Waals surface area contributed by atoms with Gasteiger partial charge in [0.15, 0.2) is 0 Å². The second-order valence-electron chi connectivity index (χ2n) is 11.4. The van der Waals surface area contributed by atoms with Gasteiger partial charge in [0.05, 0.1) is 38.1 Å². The summed E-state index contributed by atoms with van der Waals surface area (Å²) in [6.07, 6.45) is -5.00. The Balaban J connectivity index is 1.38. The van der Waals surface area contributed by atoms with Crippen molar-refractivity contribution >= 4 is 29.2 Å². The highest BCUT2D eigenvalue weighted by molar-refractivity contribution is 7.12. The minimum atomic E-state index is -4.53. The van der Waals surface area contributed by atoms with Gasteiger partial charge < -0.3 is 19.1 Å². The highest BCUT2D eigenvalue weighted by atomic mass is 32.1. The summed E-state index contributed by atoms with van der Waals surface area (Å²) < 4.78 is 57.1. The summed E-state index contributed by atoms with van der Waals surface area (Å²) in [4.78, 5) is 34.5. The third-order valence-corrected chi connectivity index (χ3v) is 9.33. The Morgan fingerprint density at radius 1 is 1.04 bits per heavy atom. The minimum absolute atomic E-state index is 0.0593. The zero-order chi connectivity index (χ0) is 32.7. The molecule has 0 radical (unpaired) electrons. The monoisotopic (exact) mass is 651 g/mol. The fourth-order valence-corrected chi connectivity index (χ4v) is 6.66. The average Bonchev–Trinajstić information content (AvgIpc) is 3.60. The largest absolute Gasteiger partial charge is 0.496 e. The summed E-state index contributed by atoms with van der Waals surface area (Å²) in [5.74, 6) is 0.940. The van der Waals surface area contributed by atoms with Crippen LogP contribution in [-0.2, 0) is 22.2 Å². The molecule has 4 aromatic rings. The van der Waals surface area contributed by atoms with Gasteiger partial charge in [0, 0.05) is 24.2 Å². The first-order valence-corrected chi connectivity index (χ1v) is 15.6. The Bertz CT molecular complexity index is 1800. The lowest BCUT2D eigenvalue weighted by Gasteiger charge is -2.33. The first-order valence-electron chi connectivity index (χ1n) is 14.7. The highest BCUT2D eigenvalue weighted by Crippen LogP contribution is 2.41. The number of aromatic nitrogens is 1. The Kier molecular flexibility index (Phi) is 8.41. The number of aryl methyl sites for hydroxylation is 1. The number of benzene rings is 2. The molecule has 0 N–H and O–H groups in total. The molecule has 0 saturated carbocycles. The fourth-order valence-electron chi connectivity index (χ4n) is 5.83. The Morgan fingerprint density at radius 3 is 2.50 bits per heavy atom. The molecule has 2 aliphatic heterocycles. The quantitative estimate of drug-likeness (QED) is 0.179. The molecule has 8 nitrogen and oxygen atoms in total. The number of methoxy groups -OCH3 is 2. The van der Waals surface area contributed by atoms with E-state index in [-0.39, 0.29) is 12.1 Å². The molecule has 2 aromatic carbocycles. The van der Waals surface area contributed by atoms with E-state index in [9.17, 15) is 22.8 Å². The van der Waals surface area contributed by atoms with Gasteiger partial charge in [-0.2, -0.15) is 13.2 Å². The number of pyridine rings is 1. The maximum Gasteiger partial charge on any atom is 0.416 e. The molecule has 6 rings (SSSR count). The first-order chi connectivity index (χ1) is 22.0. The topological polar surface area (TPSA) is 81.2 Å². The number of esters is 1. The molecule has 2 aliphatic rings. The number of anilines is 1. The fraction of sp³-hybridized carbons (Fsp3) is 0.324. The van der Waals surface area contributed by atoms with Gasteiger partial charge in [-0.1, -0.05) is 17.7 Å². The first kappa shape index (κ1) is 31.4. The normalized spacial score (nSPS) is 17.9. The highest BCUT2D eigenvalue weighted by Gasteiger charge is 2.41. The Morgan fingerprint density at radius 2 is 1.83 bits per heavy atom. The predicted octanol–water partition coefficient (Wildman–Crippen LogP) is 7.89. The molecular weight excluding hydrogens is 619 g/mol. The number of thiophene rings is 1. The van der Waals surface area contributed by atoms with Crippen molar-refractivity contribution in [2.45, 2.75) is 45.1 Å². The number of halogens is 3. The van der Waals surface area contributed by atoms with Gasteiger partial charge in [0.25, 0.3) is 0 Å². The van der Waals surface area contributed by atoms with Crippen molar-refractivity contribution in [1.29, 1.82) is 0 Å². The van der Waals surface area contributed by atoms with Crippen LogP contribution in [0.1, 0.15) is 51.5 Å². The molecule has 0 bridgehead atoms. The summed E-state index contributed by atoms with van der Waals surface area (Å²) in [7, 11) is 2.91. The molecule has 1 amide bonds. The van der Waals surface area contributed by atoms with Gasteiger partial charge in [-0.25, -0.2) is 14.6 Å². The molecule has 0 unspecified atom stereocenters. The number of carbonyl (C=O) groups excluding carboxylic acids is 2. The lowest BCUT2D eigenvalue weighted by Crippen LogP contribution is -2.38. The van der Waals surface area contributed by atoms with E-state index in [1.165, 1.54) is 23.3 Å². The second kappa shape index (κ2) is 12.3. The number of hydrogen-bond donors (Lipinski definition) is 0. The zero-order valence-corrected chi connectivity index (χ0v) is 26.5. The van der Waals surface area contributed by atoms with Gasteiger partial charge in [-0.3, -0.25) is 4.90 Å². The van der Waals surface area contributed by atoms with Crippen LogP contribution in [0.5, 0.6) is 5.75 Å². The zero-order valence-electron chi connectivity index (χ0n) is 25.7. The van der Waals surface area contributed by atoms with Crippen molar-refractivity contribution in [3.63, 3.8) is 0 Å². The van der Waals surface area contributed by atoms with Crippen molar-refractivity contribution in [2.24, 2.45) is 0 Å². The Labute approximate surface area is 268 Å². The smallest absolute Gasteiger partial charge is 0.416 e. The second-order valence-corrected chi connectivity index (χ2v) is 12.3. The SMILES string of the molecule is COC(=O)c1cc(-c2ccc(OC)c(-c3ccc(N4CCC4)nc3CN3C(=O)O[C@H](c4cc(C)cc(C(F)(F)F)c4)[C@@H]3C)c2)cs1.